The van der Waals surface area contributed by atoms with Gasteiger partial charge in [-0.2, -0.15) is 13.2 Å². The van der Waals surface area contributed by atoms with Gasteiger partial charge in [0.15, 0.2) is 0 Å². The van der Waals surface area contributed by atoms with Crippen LogP contribution in [-0.4, -0.2) is 30.4 Å². The predicted octanol–water partition coefficient (Wildman–Crippen LogP) is 2.05. The quantitative estimate of drug-likeness (QED) is 0.648. The molecular weight excluding hydrogens is 258 g/mol. The third kappa shape index (κ3) is 5.00. The van der Waals surface area contributed by atoms with Crippen molar-refractivity contribution in [2.24, 2.45) is 0 Å². The lowest BCUT2D eigenvalue weighted by atomic mass is 10.3. The van der Waals surface area contributed by atoms with E-state index >= 15 is 0 Å². The number of aromatic hydroxyl groups is 1. The van der Waals surface area contributed by atoms with Crippen molar-refractivity contribution in [2.75, 3.05) is 18.5 Å². The van der Waals surface area contributed by atoms with Crippen molar-refractivity contribution in [3.63, 3.8) is 0 Å². The van der Waals surface area contributed by atoms with Crippen LogP contribution in [0, 0.1) is 5.82 Å². The number of halogens is 4. The molecule has 1 amide bonds. The maximum absolute atomic E-state index is 12.8. The van der Waals surface area contributed by atoms with Crippen LogP contribution in [0.2, 0.25) is 0 Å². The number of benzene rings is 1. The second-order valence-electron chi connectivity index (χ2n) is 3.32. The Morgan fingerprint density at radius 1 is 1.39 bits per heavy atom. The summed E-state index contributed by atoms with van der Waals surface area (Å²) in [6.07, 6.45) is -4.53. The fraction of sp³-hybridized carbons (Fsp3) is 0.300. The van der Waals surface area contributed by atoms with E-state index in [1.165, 1.54) is 0 Å². The number of amides is 1. The topological polar surface area (TPSA) is 58.6 Å². The second kappa shape index (κ2) is 5.67. The number of anilines is 1. The largest absolute Gasteiger partial charge is 0.506 e. The van der Waals surface area contributed by atoms with E-state index in [2.05, 4.69) is 4.74 Å². The highest BCUT2D eigenvalue weighted by molar-refractivity contribution is 5.93. The molecule has 1 aromatic carbocycles. The van der Waals surface area contributed by atoms with Gasteiger partial charge in [-0.05, 0) is 12.1 Å². The average Bonchev–Trinajstić information content (AvgIpc) is 2.21. The second-order valence-corrected chi connectivity index (χ2v) is 3.32. The van der Waals surface area contributed by atoms with Gasteiger partial charge in [-0.15, -0.1) is 0 Å². The van der Waals surface area contributed by atoms with Crippen LogP contribution in [-0.2, 0) is 9.53 Å². The number of hydrogen-bond donors (Lipinski definition) is 2. The van der Waals surface area contributed by atoms with Crippen LogP contribution in [0.1, 0.15) is 0 Å². The van der Waals surface area contributed by atoms with Crippen LogP contribution < -0.4 is 5.32 Å². The summed E-state index contributed by atoms with van der Waals surface area (Å²) in [7, 11) is 0. The lowest BCUT2D eigenvalue weighted by molar-refractivity contribution is -0.174. The molecule has 0 aliphatic carbocycles. The molecule has 4 nitrogen and oxygen atoms in total. The van der Waals surface area contributed by atoms with Crippen molar-refractivity contribution in [1.82, 2.24) is 0 Å². The third-order valence-electron chi connectivity index (χ3n) is 1.73. The van der Waals surface area contributed by atoms with Crippen LogP contribution in [0.5, 0.6) is 5.75 Å². The van der Waals surface area contributed by atoms with Gasteiger partial charge >= 0.3 is 6.18 Å². The number of hydrogen-bond acceptors (Lipinski definition) is 3. The summed E-state index contributed by atoms with van der Waals surface area (Å²) in [4.78, 5) is 11.1. The van der Waals surface area contributed by atoms with Gasteiger partial charge < -0.3 is 15.2 Å². The molecule has 0 saturated carbocycles. The Morgan fingerprint density at radius 2 is 2.06 bits per heavy atom. The molecule has 0 spiro atoms. The zero-order valence-electron chi connectivity index (χ0n) is 8.92. The van der Waals surface area contributed by atoms with Crippen LogP contribution >= 0.6 is 0 Å². The molecule has 0 aliphatic rings. The fourth-order valence-electron chi connectivity index (χ4n) is 1.05. The normalized spacial score (nSPS) is 11.3. The van der Waals surface area contributed by atoms with E-state index in [0.29, 0.717) is 0 Å². The van der Waals surface area contributed by atoms with Gasteiger partial charge in [0.25, 0.3) is 0 Å². The summed E-state index contributed by atoms with van der Waals surface area (Å²) in [5, 5.41) is 11.3. The molecular formula is C10H9F4NO3. The third-order valence-corrected chi connectivity index (χ3v) is 1.73. The highest BCUT2D eigenvalue weighted by atomic mass is 19.4. The first-order chi connectivity index (χ1) is 8.28. The van der Waals surface area contributed by atoms with E-state index < -0.39 is 36.9 Å². The maximum atomic E-state index is 12.8. The molecule has 1 rings (SSSR count). The van der Waals surface area contributed by atoms with Crippen molar-refractivity contribution >= 4 is 11.6 Å². The van der Waals surface area contributed by atoms with Gasteiger partial charge in [-0.25, -0.2) is 4.39 Å². The van der Waals surface area contributed by atoms with Crippen LogP contribution in [0.4, 0.5) is 23.2 Å². The van der Waals surface area contributed by atoms with E-state index in [0.717, 1.165) is 18.2 Å². The van der Waals surface area contributed by atoms with E-state index in [9.17, 15) is 27.5 Å². The first kappa shape index (κ1) is 14.2. The fourth-order valence-corrected chi connectivity index (χ4v) is 1.05. The number of alkyl halides is 3. The molecule has 0 fully saturated rings. The summed E-state index contributed by atoms with van der Waals surface area (Å²) in [5.41, 5.74) is -0.240. The number of nitrogens with one attached hydrogen (secondary N) is 1. The molecule has 100 valence electrons. The van der Waals surface area contributed by atoms with E-state index in [1.807, 2.05) is 5.32 Å². The van der Waals surface area contributed by atoms with E-state index in [-0.39, 0.29) is 5.69 Å². The summed E-state index contributed by atoms with van der Waals surface area (Å²) in [6.45, 7) is -2.41. The Labute approximate surface area is 99.2 Å². The Hall–Kier alpha value is -1.83. The highest BCUT2D eigenvalue weighted by Crippen LogP contribution is 2.23. The lowest BCUT2D eigenvalue weighted by Gasteiger charge is -2.09. The summed E-state index contributed by atoms with van der Waals surface area (Å²) < 4.78 is 52.0. The average molecular weight is 267 g/mol. The molecule has 2 N–H and O–H groups in total. The standard InChI is InChI=1S/C10H9F4NO3/c11-6-1-2-8(16)7(3-6)15-9(17)4-18-5-10(12,13)14/h1-3,16H,4-5H2,(H,15,17). The smallest absolute Gasteiger partial charge is 0.411 e. The van der Waals surface area contributed by atoms with Crippen molar-refractivity contribution in [2.45, 2.75) is 6.18 Å². The Balaban J connectivity index is 2.47. The molecule has 0 aliphatic heterocycles. The first-order valence-electron chi connectivity index (χ1n) is 4.71. The SMILES string of the molecule is O=C(COCC(F)(F)F)Nc1cc(F)ccc1O. The number of ether oxygens (including phenoxy) is 1. The minimum absolute atomic E-state index is 0.240. The van der Waals surface area contributed by atoms with Crippen LogP contribution in [0.25, 0.3) is 0 Å². The summed E-state index contributed by atoms with van der Waals surface area (Å²) in [6, 6.07) is 2.80. The lowest BCUT2D eigenvalue weighted by Crippen LogP contribution is -2.24. The number of carbonyl (C=O) groups excluding carboxylic acids is 1. The molecule has 0 atom stereocenters. The molecule has 0 bridgehead atoms. The van der Waals surface area contributed by atoms with Crippen molar-refractivity contribution in [3.05, 3.63) is 24.0 Å². The Morgan fingerprint density at radius 3 is 2.67 bits per heavy atom. The van der Waals surface area contributed by atoms with Gasteiger partial charge in [0.05, 0.1) is 5.69 Å². The molecule has 0 radical (unpaired) electrons. The highest BCUT2D eigenvalue weighted by Gasteiger charge is 2.27. The molecule has 0 unspecified atom stereocenters. The predicted molar refractivity (Wildman–Crippen MR) is 53.6 cm³/mol. The number of phenolic OH excluding ortho intramolecular Hbond substituents is 1. The number of carbonyl (C=O) groups is 1. The van der Waals surface area contributed by atoms with E-state index in [4.69, 9.17) is 0 Å². The number of rotatable bonds is 4. The van der Waals surface area contributed by atoms with Crippen molar-refractivity contribution < 1.29 is 32.2 Å². The first-order valence-corrected chi connectivity index (χ1v) is 4.71. The molecule has 0 heterocycles. The Kier molecular flexibility index (Phi) is 4.49. The molecule has 0 aromatic heterocycles. The molecule has 0 saturated heterocycles. The van der Waals surface area contributed by atoms with Crippen LogP contribution in [0.15, 0.2) is 18.2 Å². The van der Waals surface area contributed by atoms with Crippen molar-refractivity contribution in [3.8, 4) is 5.75 Å². The monoisotopic (exact) mass is 267 g/mol. The minimum Gasteiger partial charge on any atom is -0.506 e. The van der Waals surface area contributed by atoms with Crippen molar-refractivity contribution in [1.29, 1.82) is 0 Å². The molecule has 8 heteroatoms. The molecule has 1 aromatic rings. The summed E-state index contributed by atoms with van der Waals surface area (Å²) >= 11 is 0. The summed E-state index contributed by atoms with van der Waals surface area (Å²) in [5.74, 6) is -2.04. The molecule has 18 heavy (non-hydrogen) atoms. The number of phenols is 1. The maximum Gasteiger partial charge on any atom is 0.411 e. The minimum atomic E-state index is -4.53. The van der Waals surface area contributed by atoms with Gasteiger partial charge in [0.2, 0.25) is 5.91 Å². The van der Waals surface area contributed by atoms with Crippen LogP contribution in [0.3, 0.4) is 0 Å². The van der Waals surface area contributed by atoms with Gasteiger partial charge in [-0.1, -0.05) is 0 Å². The van der Waals surface area contributed by atoms with E-state index in [1.54, 1.807) is 0 Å². The van der Waals surface area contributed by atoms with Gasteiger partial charge in [-0.3, -0.25) is 4.79 Å². The van der Waals surface area contributed by atoms with Gasteiger partial charge in [0.1, 0.15) is 24.8 Å². The van der Waals surface area contributed by atoms with Gasteiger partial charge in [0, 0.05) is 6.07 Å². The zero-order valence-corrected chi connectivity index (χ0v) is 8.92. The Bertz CT molecular complexity index is 434. The zero-order chi connectivity index (χ0) is 13.8.